The van der Waals surface area contributed by atoms with Crippen LogP contribution in [0.4, 0.5) is 0 Å². The van der Waals surface area contributed by atoms with E-state index in [9.17, 15) is 14.4 Å². The van der Waals surface area contributed by atoms with Crippen LogP contribution in [0.1, 0.15) is 53.3 Å². The molecule has 0 heterocycles. The van der Waals surface area contributed by atoms with E-state index in [1.54, 1.807) is 12.1 Å². The predicted octanol–water partition coefficient (Wildman–Crippen LogP) is 4.09. The van der Waals surface area contributed by atoms with Gasteiger partial charge in [0.15, 0.2) is 0 Å². The molecule has 0 radical (unpaired) electrons. The second kappa shape index (κ2) is 9.36. The number of hydrogen-bond acceptors (Lipinski definition) is 5. The van der Waals surface area contributed by atoms with E-state index < -0.39 is 17.9 Å². The topological polar surface area (TPSA) is 89.9 Å². The molecule has 136 valence electrons. The lowest BCUT2D eigenvalue weighted by atomic mass is 10.2. The van der Waals surface area contributed by atoms with Crippen molar-refractivity contribution < 1.29 is 29.0 Å². The number of carboxylic acid groups (broad SMARTS) is 1. The fraction of sp³-hybridized carbons (Fsp3) is 0.250. The highest BCUT2D eigenvalue weighted by atomic mass is 16.5. The highest BCUT2D eigenvalue weighted by molar-refractivity contribution is 5.95. The van der Waals surface area contributed by atoms with Crippen LogP contribution in [-0.4, -0.2) is 23.0 Å². The highest BCUT2D eigenvalue weighted by Gasteiger charge is 2.17. The van der Waals surface area contributed by atoms with Crippen LogP contribution in [0.5, 0.6) is 11.5 Å². The average Bonchev–Trinajstić information content (AvgIpc) is 2.62. The maximum absolute atomic E-state index is 12.4. The Balaban J connectivity index is 2.06. The number of carbonyl (C=O) groups is 3. The third-order valence-electron chi connectivity index (χ3n) is 3.63. The van der Waals surface area contributed by atoms with Gasteiger partial charge in [0.25, 0.3) is 0 Å². The van der Waals surface area contributed by atoms with Crippen molar-refractivity contribution in [3.8, 4) is 11.5 Å². The first-order valence-corrected chi connectivity index (χ1v) is 8.36. The summed E-state index contributed by atoms with van der Waals surface area (Å²) in [6.45, 7) is 2.04. The monoisotopic (exact) mass is 356 g/mol. The molecule has 0 saturated carbocycles. The minimum absolute atomic E-state index is 0.0891. The van der Waals surface area contributed by atoms with E-state index in [-0.39, 0.29) is 29.0 Å². The van der Waals surface area contributed by atoms with Crippen LogP contribution in [0.2, 0.25) is 0 Å². The van der Waals surface area contributed by atoms with Gasteiger partial charge in [0.05, 0.1) is 5.56 Å². The molecule has 0 aliphatic heterocycles. The summed E-state index contributed by atoms with van der Waals surface area (Å²) in [5.74, 6) is -1.82. The van der Waals surface area contributed by atoms with Crippen LogP contribution in [0.15, 0.2) is 48.5 Å². The molecule has 0 aromatic heterocycles. The molecule has 6 nitrogen and oxygen atoms in total. The van der Waals surface area contributed by atoms with Gasteiger partial charge < -0.3 is 14.6 Å². The van der Waals surface area contributed by atoms with E-state index in [2.05, 4.69) is 0 Å². The minimum Gasteiger partial charge on any atom is -0.478 e. The largest absolute Gasteiger partial charge is 0.478 e. The first kappa shape index (κ1) is 19.2. The number of aromatic carboxylic acids is 1. The van der Waals surface area contributed by atoms with E-state index in [0.29, 0.717) is 0 Å². The molecule has 1 N–H and O–H groups in total. The number of ether oxygens (including phenoxy) is 2. The number of esters is 2. The lowest BCUT2D eigenvalue weighted by Crippen LogP contribution is -2.14. The lowest BCUT2D eigenvalue weighted by molar-refractivity contribution is -0.134. The molecule has 2 aromatic rings. The fourth-order valence-electron chi connectivity index (χ4n) is 2.24. The van der Waals surface area contributed by atoms with Crippen molar-refractivity contribution in [2.24, 2.45) is 0 Å². The van der Waals surface area contributed by atoms with Gasteiger partial charge in [0.2, 0.25) is 0 Å². The van der Waals surface area contributed by atoms with Crippen LogP contribution < -0.4 is 9.47 Å². The summed E-state index contributed by atoms with van der Waals surface area (Å²) in [7, 11) is 0. The van der Waals surface area contributed by atoms with Crippen molar-refractivity contribution in [2.75, 3.05) is 0 Å². The van der Waals surface area contributed by atoms with Crippen LogP contribution in [-0.2, 0) is 4.79 Å². The lowest BCUT2D eigenvalue weighted by Gasteiger charge is -2.10. The summed E-state index contributed by atoms with van der Waals surface area (Å²) in [6.07, 6.45) is 2.95. The zero-order valence-electron chi connectivity index (χ0n) is 14.4. The molecule has 2 rings (SSSR count). The van der Waals surface area contributed by atoms with Gasteiger partial charge in [0.1, 0.15) is 17.1 Å². The SMILES string of the molecule is CCCCCC(=O)Oc1ccccc1C(=O)Oc1ccc(C(=O)O)cc1. The number of hydrogen-bond donors (Lipinski definition) is 1. The van der Waals surface area contributed by atoms with Crippen molar-refractivity contribution in [1.82, 2.24) is 0 Å². The van der Waals surface area contributed by atoms with E-state index >= 15 is 0 Å². The van der Waals surface area contributed by atoms with Gasteiger partial charge in [-0.1, -0.05) is 31.9 Å². The molecule has 2 aromatic carbocycles. The normalized spacial score (nSPS) is 10.2. The Morgan fingerprint density at radius 3 is 2.27 bits per heavy atom. The maximum Gasteiger partial charge on any atom is 0.347 e. The zero-order chi connectivity index (χ0) is 18.9. The number of benzene rings is 2. The van der Waals surface area contributed by atoms with E-state index in [0.717, 1.165) is 19.3 Å². The molecule has 0 atom stereocenters. The summed E-state index contributed by atoms with van der Waals surface area (Å²) in [5, 5.41) is 8.88. The Morgan fingerprint density at radius 2 is 1.62 bits per heavy atom. The van der Waals surface area contributed by atoms with Gasteiger partial charge in [-0.15, -0.1) is 0 Å². The summed E-state index contributed by atoms with van der Waals surface area (Å²) in [4.78, 5) is 35.1. The highest BCUT2D eigenvalue weighted by Crippen LogP contribution is 2.22. The predicted molar refractivity (Wildman–Crippen MR) is 94.6 cm³/mol. The Labute approximate surface area is 151 Å². The summed E-state index contributed by atoms with van der Waals surface area (Å²) in [6, 6.07) is 11.8. The molecule has 0 unspecified atom stereocenters. The first-order valence-electron chi connectivity index (χ1n) is 8.36. The number of carboxylic acids is 1. The van der Waals surface area contributed by atoms with E-state index in [1.165, 1.54) is 36.4 Å². The maximum atomic E-state index is 12.4. The number of unbranched alkanes of at least 4 members (excludes halogenated alkanes) is 2. The molecule has 6 heteroatoms. The van der Waals surface area contributed by atoms with Crippen molar-refractivity contribution in [2.45, 2.75) is 32.6 Å². The minimum atomic E-state index is -1.07. The fourth-order valence-corrected chi connectivity index (χ4v) is 2.24. The summed E-state index contributed by atoms with van der Waals surface area (Å²) >= 11 is 0. The molecule has 0 fully saturated rings. The third kappa shape index (κ3) is 5.44. The van der Waals surface area contributed by atoms with Gasteiger partial charge in [-0.05, 0) is 42.8 Å². The van der Waals surface area contributed by atoms with Crippen LogP contribution in [0.25, 0.3) is 0 Å². The van der Waals surface area contributed by atoms with Crippen LogP contribution in [0.3, 0.4) is 0 Å². The Kier molecular flexibility index (Phi) is 6.91. The standard InChI is InChI=1S/C20H20O6/c1-2-3-4-9-18(21)26-17-8-6-5-7-16(17)20(24)25-15-12-10-14(11-13-15)19(22)23/h5-8,10-13H,2-4,9H2,1H3,(H,22,23). The Bertz CT molecular complexity index is 779. The zero-order valence-corrected chi connectivity index (χ0v) is 14.4. The molecule has 0 aliphatic rings. The van der Waals surface area contributed by atoms with Crippen LogP contribution in [0, 0.1) is 0 Å². The molecule has 0 amide bonds. The summed E-state index contributed by atoms with van der Waals surface area (Å²) in [5.41, 5.74) is 0.213. The smallest absolute Gasteiger partial charge is 0.347 e. The van der Waals surface area contributed by atoms with Gasteiger partial charge in [-0.2, -0.15) is 0 Å². The second-order valence-electron chi connectivity index (χ2n) is 5.65. The third-order valence-corrected chi connectivity index (χ3v) is 3.63. The molecule has 0 saturated heterocycles. The second-order valence-corrected chi connectivity index (χ2v) is 5.65. The number of para-hydroxylation sites is 1. The summed E-state index contributed by atoms with van der Waals surface area (Å²) < 4.78 is 10.5. The van der Waals surface area contributed by atoms with E-state index in [4.69, 9.17) is 14.6 Å². The van der Waals surface area contributed by atoms with Gasteiger partial charge in [-0.3, -0.25) is 4.79 Å². The molecular formula is C20H20O6. The first-order chi connectivity index (χ1) is 12.5. The van der Waals surface area contributed by atoms with Gasteiger partial charge in [0, 0.05) is 6.42 Å². The Morgan fingerprint density at radius 1 is 0.923 bits per heavy atom. The number of rotatable bonds is 8. The van der Waals surface area contributed by atoms with E-state index in [1.807, 2.05) is 6.92 Å². The van der Waals surface area contributed by atoms with Gasteiger partial charge >= 0.3 is 17.9 Å². The van der Waals surface area contributed by atoms with Crippen molar-refractivity contribution in [3.05, 3.63) is 59.7 Å². The van der Waals surface area contributed by atoms with Crippen molar-refractivity contribution in [3.63, 3.8) is 0 Å². The van der Waals surface area contributed by atoms with Crippen LogP contribution >= 0.6 is 0 Å². The molecule has 0 spiro atoms. The quantitative estimate of drug-likeness (QED) is 0.435. The molecule has 26 heavy (non-hydrogen) atoms. The van der Waals surface area contributed by atoms with Crippen molar-refractivity contribution in [1.29, 1.82) is 0 Å². The average molecular weight is 356 g/mol. The molecule has 0 bridgehead atoms. The Hall–Kier alpha value is -3.15. The van der Waals surface area contributed by atoms with Gasteiger partial charge in [-0.25, -0.2) is 9.59 Å². The molecular weight excluding hydrogens is 336 g/mol. The van der Waals surface area contributed by atoms with Crippen molar-refractivity contribution >= 4 is 17.9 Å². The number of carbonyl (C=O) groups excluding carboxylic acids is 2. The molecule has 0 aliphatic carbocycles.